The van der Waals surface area contributed by atoms with Gasteiger partial charge >= 0.3 is 0 Å². The minimum atomic E-state index is -3.75. The van der Waals surface area contributed by atoms with Gasteiger partial charge in [-0.15, -0.1) is 0 Å². The molecule has 1 aromatic heterocycles. The molecular weight excluding hydrogens is 280 g/mol. The first-order chi connectivity index (χ1) is 9.50. The minimum absolute atomic E-state index is 0.0923. The zero-order valence-corrected chi connectivity index (χ0v) is 11.4. The number of nitrogens with zero attached hydrogens (tertiary/aromatic N) is 2. The van der Waals surface area contributed by atoms with Crippen molar-refractivity contribution in [1.82, 2.24) is 9.29 Å². The summed E-state index contributed by atoms with van der Waals surface area (Å²) in [6.45, 7) is -0.185. The van der Waals surface area contributed by atoms with Crippen LogP contribution in [0.3, 0.4) is 0 Å². The van der Waals surface area contributed by atoms with Crippen LogP contribution in [0.2, 0.25) is 0 Å². The van der Waals surface area contributed by atoms with Gasteiger partial charge in [0.15, 0.2) is 0 Å². The number of benzene rings is 1. The Morgan fingerprint density at radius 2 is 1.85 bits per heavy atom. The Morgan fingerprint density at radius 1 is 1.15 bits per heavy atom. The lowest BCUT2D eigenvalue weighted by atomic mass is 10.2. The van der Waals surface area contributed by atoms with E-state index in [1.807, 2.05) is 0 Å². The number of aliphatic hydroxyl groups excluding tert-OH is 2. The molecule has 6 nitrogen and oxygen atoms in total. The third-order valence-corrected chi connectivity index (χ3v) is 5.37. The average Bonchev–Trinajstić information content (AvgIpc) is 2.79. The van der Waals surface area contributed by atoms with Crippen molar-refractivity contribution >= 4 is 20.8 Å². The maximum Gasteiger partial charge on any atom is 0.243 e. The van der Waals surface area contributed by atoms with E-state index < -0.39 is 22.2 Å². The van der Waals surface area contributed by atoms with Gasteiger partial charge in [-0.1, -0.05) is 12.1 Å². The van der Waals surface area contributed by atoms with Crippen molar-refractivity contribution in [2.24, 2.45) is 0 Å². The molecular formula is C13H14N2O4S. The van der Waals surface area contributed by atoms with Gasteiger partial charge in [0, 0.05) is 36.3 Å². The number of hydrogen-bond donors (Lipinski definition) is 2. The maximum absolute atomic E-state index is 12.6. The zero-order chi connectivity index (χ0) is 14.3. The van der Waals surface area contributed by atoms with Gasteiger partial charge in [0.05, 0.1) is 17.1 Å². The quantitative estimate of drug-likeness (QED) is 0.811. The molecule has 1 aliphatic heterocycles. The summed E-state index contributed by atoms with van der Waals surface area (Å²) < 4.78 is 26.4. The van der Waals surface area contributed by atoms with Gasteiger partial charge in [-0.05, 0) is 12.1 Å². The first-order valence-electron chi connectivity index (χ1n) is 6.19. The van der Waals surface area contributed by atoms with Crippen molar-refractivity contribution in [2.45, 2.75) is 17.1 Å². The molecule has 0 radical (unpaired) electrons. The first-order valence-corrected chi connectivity index (χ1v) is 7.63. The van der Waals surface area contributed by atoms with E-state index in [0.717, 1.165) is 9.69 Å². The molecule has 1 saturated heterocycles. The van der Waals surface area contributed by atoms with Crippen LogP contribution in [0.25, 0.3) is 10.8 Å². The summed E-state index contributed by atoms with van der Waals surface area (Å²) >= 11 is 0. The smallest absolute Gasteiger partial charge is 0.243 e. The topological polar surface area (TPSA) is 90.7 Å². The van der Waals surface area contributed by atoms with Gasteiger partial charge in [0.1, 0.15) is 0 Å². The number of rotatable bonds is 2. The van der Waals surface area contributed by atoms with Crippen LogP contribution in [0.15, 0.2) is 41.6 Å². The Hall–Kier alpha value is -1.54. The fraction of sp³-hybridized carbons (Fsp3) is 0.308. The van der Waals surface area contributed by atoms with Crippen molar-refractivity contribution in [3.8, 4) is 0 Å². The number of fused-ring (bicyclic) bond motifs is 1. The molecule has 2 unspecified atom stereocenters. The molecule has 7 heteroatoms. The number of pyridine rings is 1. The zero-order valence-electron chi connectivity index (χ0n) is 10.5. The summed E-state index contributed by atoms with van der Waals surface area (Å²) in [5.41, 5.74) is 0. The molecule has 0 saturated carbocycles. The normalized spacial score (nSPS) is 24.3. The summed E-state index contributed by atoms with van der Waals surface area (Å²) in [4.78, 5) is 4.13. The Balaban J connectivity index is 2.11. The molecule has 1 aromatic carbocycles. The van der Waals surface area contributed by atoms with E-state index in [2.05, 4.69) is 4.98 Å². The van der Waals surface area contributed by atoms with E-state index in [4.69, 9.17) is 0 Å². The van der Waals surface area contributed by atoms with Crippen molar-refractivity contribution in [1.29, 1.82) is 0 Å². The molecule has 2 atom stereocenters. The number of aromatic nitrogens is 1. The molecule has 3 rings (SSSR count). The van der Waals surface area contributed by atoms with Crippen LogP contribution < -0.4 is 0 Å². The molecule has 0 amide bonds. The van der Waals surface area contributed by atoms with Crippen LogP contribution in [-0.4, -0.2) is 53.2 Å². The van der Waals surface area contributed by atoms with Gasteiger partial charge in [-0.3, -0.25) is 4.98 Å². The Morgan fingerprint density at radius 3 is 2.55 bits per heavy atom. The van der Waals surface area contributed by atoms with Gasteiger partial charge in [0.25, 0.3) is 0 Å². The monoisotopic (exact) mass is 294 g/mol. The fourth-order valence-electron chi connectivity index (χ4n) is 2.39. The van der Waals surface area contributed by atoms with Crippen LogP contribution in [-0.2, 0) is 10.0 Å². The molecule has 1 fully saturated rings. The summed E-state index contributed by atoms with van der Waals surface area (Å²) in [5.74, 6) is 0. The van der Waals surface area contributed by atoms with Crippen molar-refractivity contribution in [3.05, 3.63) is 36.7 Å². The lowest BCUT2D eigenvalue weighted by molar-refractivity contribution is 0.0572. The van der Waals surface area contributed by atoms with E-state index in [1.54, 1.807) is 24.4 Å². The van der Waals surface area contributed by atoms with E-state index in [0.29, 0.717) is 5.39 Å². The highest BCUT2D eigenvalue weighted by Crippen LogP contribution is 2.27. The Kier molecular flexibility index (Phi) is 3.21. The van der Waals surface area contributed by atoms with Crippen LogP contribution >= 0.6 is 0 Å². The van der Waals surface area contributed by atoms with Crippen LogP contribution in [0.4, 0.5) is 0 Å². The predicted octanol–water partition coefficient (Wildman–Crippen LogP) is -0.0391. The van der Waals surface area contributed by atoms with Gasteiger partial charge in [0.2, 0.25) is 10.0 Å². The average molecular weight is 294 g/mol. The SMILES string of the molecule is O=S(=O)(c1cccc2cnccc12)N1CC(O)C(O)C1. The largest absolute Gasteiger partial charge is 0.389 e. The molecule has 0 aliphatic carbocycles. The Labute approximate surface area is 116 Å². The van der Waals surface area contributed by atoms with E-state index in [9.17, 15) is 18.6 Å². The lowest BCUT2D eigenvalue weighted by Crippen LogP contribution is -2.30. The predicted molar refractivity (Wildman–Crippen MR) is 72.5 cm³/mol. The highest BCUT2D eigenvalue weighted by atomic mass is 32.2. The lowest BCUT2D eigenvalue weighted by Gasteiger charge is -2.16. The van der Waals surface area contributed by atoms with Crippen LogP contribution in [0.5, 0.6) is 0 Å². The second-order valence-corrected chi connectivity index (χ2v) is 6.72. The molecule has 1 aliphatic rings. The molecule has 2 N–H and O–H groups in total. The molecule has 0 bridgehead atoms. The summed E-state index contributed by atoms with van der Waals surface area (Å²) in [6, 6.07) is 6.61. The third kappa shape index (κ3) is 2.08. The minimum Gasteiger partial charge on any atom is -0.389 e. The van der Waals surface area contributed by atoms with Crippen molar-refractivity contribution in [2.75, 3.05) is 13.1 Å². The molecule has 20 heavy (non-hydrogen) atoms. The number of sulfonamides is 1. The maximum atomic E-state index is 12.6. The van der Waals surface area contributed by atoms with E-state index >= 15 is 0 Å². The number of hydrogen-bond acceptors (Lipinski definition) is 5. The second-order valence-electron chi connectivity index (χ2n) is 4.81. The summed E-state index contributed by atoms with van der Waals surface area (Å²) in [5, 5.41) is 20.4. The molecule has 2 heterocycles. The van der Waals surface area contributed by atoms with Gasteiger partial charge in [-0.2, -0.15) is 4.31 Å². The molecule has 0 spiro atoms. The molecule has 2 aromatic rings. The van der Waals surface area contributed by atoms with Crippen molar-refractivity contribution in [3.63, 3.8) is 0 Å². The highest BCUT2D eigenvalue weighted by Gasteiger charge is 2.38. The number of aliphatic hydroxyl groups is 2. The van der Waals surface area contributed by atoms with Crippen molar-refractivity contribution < 1.29 is 18.6 Å². The highest BCUT2D eigenvalue weighted by molar-refractivity contribution is 7.89. The fourth-order valence-corrected chi connectivity index (χ4v) is 4.08. The van der Waals surface area contributed by atoms with Gasteiger partial charge < -0.3 is 10.2 Å². The Bertz CT molecular complexity index is 732. The molecule has 106 valence electrons. The van der Waals surface area contributed by atoms with E-state index in [1.165, 1.54) is 12.3 Å². The summed E-state index contributed by atoms with van der Waals surface area (Å²) in [7, 11) is -3.75. The first kappa shape index (κ1) is 13.4. The third-order valence-electron chi connectivity index (χ3n) is 3.48. The van der Waals surface area contributed by atoms with Crippen LogP contribution in [0.1, 0.15) is 0 Å². The second kappa shape index (κ2) is 4.78. The summed E-state index contributed by atoms with van der Waals surface area (Å²) in [6.07, 6.45) is 1.06. The number of β-amino-alcohol motifs (C(OH)–C–C–N with tert-alkyl or cyclic N) is 2. The van der Waals surface area contributed by atoms with E-state index in [-0.39, 0.29) is 18.0 Å². The van der Waals surface area contributed by atoms with Gasteiger partial charge in [-0.25, -0.2) is 8.42 Å². The van der Waals surface area contributed by atoms with Crippen LogP contribution in [0, 0.1) is 0 Å². The standard InChI is InChI=1S/C13H14N2O4S/c16-11-7-15(8-12(11)17)20(18,19)13-3-1-2-9-6-14-5-4-10(9)13/h1-6,11-12,16-17H,7-8H2.